The molecule has 1 atom stereocenters. The van der Waals surface area contributed by atoms with E-state index in [0.717, 1.165) is 16.8 Å². The Labute approximate surface area is 216 Å². The number of imidazole rings is 1. The molecule has 12 nitrogen and oxygen atoms in total. The van der Waals surface area contributed by atoms with Crippen molar-refractivity contribution in [1.82, 2.24) is 35.0 Å². The van der Waals surface area contributed by atoms with E-state index >= 15 is 0 Å². The number of hydrogen-bond donors (Lipinski definition) is 4. The first-order chi connectivity index (χ1) is 17.8. The fourth-order valence-electron chi connectivity index (χ4n) is 3.77. The predicted octanol–water partition coefficient (Wildman–Crippen LogP) is 2.71. The van der Waals surface area contributed by atoms with Crippen molar-refractivity contribution in [2.45, 2.75) is 43.9 Å². The van der Waals surface area contributed by atoms with Crippen LogP contribution >= 0.6 is 11.8 Å². The highest BCUT2D eigenvalue weighted by Crippen LogP contribution is 2.40. The van der Waals surface area contributed by atoms with Gasteiger partial charge in [0.25, 0.3) is 12.2 Å². The molecule has 0 radical (unpaired) electrons. The number of aromatic amines is 1. The van der Waals surface area contributed by atoms with Gasteiger partial charge in [0.2, 0.25) is 5.09 Å². The Hall–Kier alpha value is -4.10. The zero-order chi connectivity index (χ0) is 26.0. The van der Waals surface area contributed by atoms with E-state index in [1.807, 2.05) is 34.9 Å². The maximum atomic E-state index is 12.0. The Kier molecular flexibility index (Phi) is 6.72. The zero-order valence-corrected chi connectivity index (χ0v) is 21.0. The molecule has 0 bridgehead atoms. The number of fused-ring (bicyclic) bond motifs is 1. The highest BCUT2D eigenvalue weighted by Gasteiger charge is 2.28. The molecular weight excluding hydrogens is 496 g/mol. The average molecular weight is 523 g/mol. The summed E-state index contributed by atoms with van der Waals surface area (Å²) in [5, 5.41) is 20.8. The lowest BCUT2D eigenvalue weighted by molar-refractivity contribution is -0.136. The molecule has 192 valence electrons. The number of aliphatic hydroxyl groups is 1. The maximum Gasteiger partial charge on any atom is 0.268 e. The molecule has 0 fully saturated rings. The van der Waals surface area contributed by atoms with Crippen molar-refractivity contribution in [1.29, 1.82) is 0 Å². The van der Waals surface area contributed by atoms with Crippen LogP contribution in [0.2, 0.25) is 0 Å². The number of nitrogen functional groups attached to an aromatic ring is 1. The topological polar surface area (TPSA) is 166 Å². The van der Waals surface area contributed by atoms with Crippen LogP contribution in [0.3, 0.4) is 0 Å². The summed E-state index contributed by atoms with van der Waals surface area (Å²) in [7, 11) is 0. The lowest BCUT2D eigenvalue weighted by atomic mass is 10.0. The monoisotopic (exact) mass is 522 g/mol. The molecule has 0 saturated carbocycles. The van der Waals surface area contributed by atoms with Crippen molar-refractivity contribution in [2.24, 2.45) is 0 Å². The minimum absolute atomic E-state index is 0.268. The van der Waals surface area contributed by atoms with E-state index in [9.17, 15) is 9.90 Å². The number of aryl methyl sites for hydroxylation is 1. The second-order valence-electron chi connectivity index (χ2n) is 8.82. The molecule has 1 aromatic carbocycles. The van der Waals surface area contributed by atoms with Crippen LogP contribution in [0.15, 0.2) is 59.4 Å². The number of nitrogens with two attached hydrogens (primary N) is 1. The van der Waals surface area contributed by atoms with Crippen LogP contribution in [-0.4, -0.2) is 52.9 Å². The average Bonchev–Trinajstić information content (AvgIpc) is 3.63. The summed E-state index contributed by atoms with van der Waals surface area (Å²) in [5.74, 6) is -0.170. The molecule has 5 rings (SSSR count). The minimum atomic E-state index is -1.44. The SMILES string of the molecule is CC(C)(O)C(=O)NCCCn1c(SC2=COC(c3ccccc3-c3cc[nH]n3)O2)nc2c(N)ncnc21. The Bertz CT molecular complexity index is 1440. The lowest BCUT2D eigenvalue weighted by Crippen LogP contribution is -2.42. The van der Waals surface area contributed by atoms with Crippen molar-refractivity contribution in [3.05, 3.63) is 59.8 Å². The van der Waals surface area contributed by atoms with Gasteiger partial charge >= 0.3 is 0 Å². The fourth-order valence-corrected chi connectivity index (χ4v) is 4.61. The molecule has 1 aliphatic heterocycles. The third-order valence-corrected chi connectivity index (χ3v) is 6.51. The van der Waals surface area contributed by atoms with Crippen LogP contribution in [0, 0.1) is 0 Å². The van der Waals surface area contributed by atoms with Gasteiger partial charge in [0.05, 0.1) is 5.69 Å². The maximum absolute atomic E-state index is 12.0. The van der Waals surface area contributed by atoms with Gasteiger partial charge in [-0.2, -0.15) is 5.10 Å². The van der Waals surface area contributed by atoms with E-state index in [0.29, 0.717) is 40.9 Å². The van der Waals surface area contributed by atoms with Crippen molar-refractivity contribution < 1.29 is 19.4 Å². The number of nitrogens with one attached hydrogen (secondary N) is 2. The molecule has 1 unspecified atom stereocenters. The summed E-state index contributed by atoms with van der Waals surface area (Å²) in [6, 6.07) is 9.63. The van der Waals surface area contributed by atoms with Crippen LogP contribution in [-0.2, 0) is 20.8 Å². The number of hydrogen-bond acceptors (Lipinski definition) is 10. The first kappa shape index (κ1) is 24.6. The third-order valence-electron chi connectivity index (χ3n) is 5.62. The van der Waals surface area contributed by atoms with E-state index in [1.165, 1.54) is 31.9 Å². The molecule has 3 aromatic heterocycles. The quantitative estimate of drug-likeness (QED) is 0.240. The van der Waals surface area contributed by atoms with Crippen LogP contribution < -0.4 is 11.1 Å². The third kappa shape index (κ3) is 5.22. The van der Waals surface area contributed by atoms with Gasteiger partial charge in [-0.1, -0.05) is 24.3 Å². The molecule has 0 spiro atoms. The van der Waals surface area contributed by atoms with Gasteiger partial charge in [0.1, 0.15) is 18.2 Å². The van der Waals surface area contributed by atoms with E-state index in [2.05, 4.69) is 30.5 Å². The smallest absolute Gasteiger partial charge is 0.268 e. The fraction of sp³-hybridized carbons (Fsp3) is 0.292. The number of thioether (sulfide) groups is 1. The Morgan fingerprint density at radius 1 is 1.30 bits per heavy atom. The van der Waals surface area contributed by atoms with Crippen LogP contribution in [0.4, 0.5) is 5.82 Å². The van der Waals surface area contributed by atoms with Crippen molar-refractivity contribution in [3.63, 3.8) is 0 Å². The number of carbonyl (C=O) groups excluding carboxylic acids is 1. The number of carbonyl (C=O) groups is 1. The Balaban J connectivity index is 1.32. The molecule has 0 aliphatic carbocycles. The summed E-state index contributed by atoms with van der Waals surface area (Å²) in [4.78, 5) is 25.0. The number of ether oxygens (including phenoxy) is 2. The molecule has 4 aromatic rings. The molecule has 5 N–H and O–H groups in total. The summed E-state index contributed by atoms with van der Waals surface area (Å²) in [6.45, 7) is 3.73. The van der Waals surface area contributed by atoms with Gasteiger partial charge in [-0.15, -0.1) is 0 Å². The van der Waals surface area contributed by atoms with Gasteiger partial charge in [0.15, 0.2) is 22.1 Å². The van der Waals surface area contributed by atoms with Gasteiger partial charge in [-0.3, -0.25) is 9.89 Å². The van der Waals surface area contributed by atoms with Crippen LogP contribution in [0.25, 0.3) is 22.4 Å². The van der Waals surface area contributed by atoms with Crippen LogP contribution in [0.1, 0.15) is 32.1 Å². The normalized spacial score (nSPS) is 15.3. The van der Waals surface area contributed by atoms with Crippen molar-refractivity contribution in [2.75, 3.05) is 12.3 Å². The lowest BCUT2D eigenvalue weighted by Gasteiger charge is -2.17. The predicted molar refractivity (Wildman–Crippen MR) is 137 cm³/mol. The van der Waals surface area contributed by atoms with E-state index in [-0.39, 0.29) is 5.82 Å². The number of anilines is 1. The standard InChI is InChI=1S/C24H26N8O4S/c1-24(2,34)22(33)26-9-5-11-32-20-18(19(25)27-13-28-20)30-23(32)37-17-12-35-21(36-17)15-7-4-3-6-14(15)16-8-10-29-31-16/h3-4,6-8,10,12-13,21,34H,5,9,11H2,1-2H3,(H,26,33)(H,29,31)(H2,25,27,28). The van der Waals surface area contributed by atoms with Crippen molar-refractivity contribution in [3.8, 4) is 11.3 Å². The highest BCUT2D eigenvalue weighted by atomic mass is 32.2. The summed E-state index contributed by atoms with van der Waals surface area (Å²) < 4.78 is 13.9. The van der Waals surface area contributed by atoms with Gasteiger partial charge in [0, 0.05) is 30.4 Å². The first-order valence-electron chi connectivity index (χ1n) is 11.6. The largest absolute Gasteiger partial charge is 0.454 e. The zero-order valence-electron chi connectivity index (χ0n) is 20.2. The number of amides is 1. The summed E-state index contributed by atoms with van der Waals surface area (Å²) in [5.41, 5.74) is 8.19. The molecule has 1 aliphatic rings. The van der Waals surface area contributed by atoms with E-state index in [1.54, 1.807) is 12.5 Å². The summed E-state index contributed by atoms with van der Waals surface area (Å²) >= 11 is 1.28. The second-order valence-corrected chi connectivity index (χ2v) is 9.79. The number of H-pyrrole nitrogens is 1. The molecular formula is C24H26N8O4S. The minimum Gasteiger partial charge on any atom is -0.454 e. The van der Waals surface area contributed by atoms with E-state index in [4.69, 9.17) is 15.2 Å². The Morgan fingerprint density at radius 3 is 2.92 bits per heavy atom. The van der Waals surface area contributed by atoms with Gasteiger partial charge in [-0.25, -0.2) is 15.0 Å². The van der Waals surface area contributed by atoms with Crippen LogP contribution in [0.5, 0.6) is 0 Å². The Morgan fingerprint density at radius 2 is 2.14 bits per heavy atom. The second kappa shape index (κ2) is 10.1. The van der Waals surface area contributed by atoms with Gasteiger partial charge < -0.3 is 30.2 Å². The summed E-state index contributed by atoms with van der Waals surface area (Å²) in [6.07, 6.45) is 4.63. The molecule has 1 amide bonds. The number of benzene rings is 1. The molecule has 0 saturated heterocycles. The van der Waals surface area contributed by atoms with Crippen molar-refractivity contribution >= 4 is 34.7 Å². The number of nitrogens with zero attached hydrogens (tertiary/aromatic N) is 5. The molecule has 4 heterocycles. The highest BCUT2D eigenvalue weighted by molar-refractivity contribution is 8.02. The van der Waals surface area contributed by atoms with E-state index < -0.39 is 17.8 Å². The number of rotatable bonds is 9. The molecule has 13 heteroatoms. The molecule has 37 heavy (non-hydrogen) atoms. The van der Waals surface area contributed by atoms with Gasteiger partial charge in [-0.05, 0) is 38.1 Å². The first-order valence-corrected chi connectivity index (χ1v) is 12.4. The number of aromatic nitrogens is 6.